The van der Waals surface area contributed by atoms with E-state index < -0.39 is 6.16 Å². The molecule has 116 valence electrons. The van der Waals surface area contributed by atoms with Crippen molar-refractivity contribution >= 4 is 17.7 Å². The topological polar surface area (TPSA) is 69.7 Å². The molecule has 0 saturated carbocycles. The summed E-state index contributed by atoms with van der Waals surface area (Å²) in [7, 11) is 0. The van der Waals surface area contributed by atoms with E-state index in [9.17, 15) is 14.4 Å². The van der Waals surface area contributed by atoms with Crippen LogP contribution in [0.2, 0.25) is 0 Å². The fraction of sp³-hybridized carbons (Fsp3) is 0.167. The molecule has 5 nitrogen and oxygen atoms in total. The Labute approximate surface area is 132 Å². The average molecular weight is 310 g/mol. The standard InChI is InChI=1S/C18H14O5/c1-2-9-22-18(21)23-11-7-8-14-15(10-11)17(20)13-6-4-3-5-12(13)16(14)19/h3-8,10H,2,9H2,1H3. The second-order valence-electron chi connectivity index (χ2n) is 5.11. The van der Waals surface area contributed by atoms with Crippen LogP contribution in [-0.4, -0.2) is 24.3 Å². The Morgan fingerprint density at radius 2 is 1.52 bits per heavy atom. The lowest BCUT2D eigenvalue weighted by Gasteiger charge is -2.17. The fourth-order valence-electron chi connectivity index (χ4n) is 2.45. The molecule has 0 aromatic heterocycles. The van der Waals surface area contributed by atoms with Crippen molar-refractivity contribution in [1.82, 2.24) is 0 Å². The van der Waals surface area contributed by atoms with Gasteiger partial charge in [0.1, 0.15) is 5.75 Å². The largest absolute Gasteiger partial charge is 0.513 e. The van der Waals surface area contributed by atoms with Crippen LogP contribution in [0.25, 0.3) is 0 Å². The lowest BCUT2D eigenvalue weighted by Crippen LogP contribution is -2.21. The normalized spacial score (nSPS) is 12.4. The van der Waals surface area contributed by atoms with Crippen molar-refractivity contribution in [3.8, 4) is 5.75 Å². The SMILES string of the molecule is CCCOC(=O)Oc1ccc2c(c1)C(=O)c1ccccc1C2=O. The summed E-state index contributed by atoms with van der Waals surface area (Å²) in [4.78, 5) is 36.5. The van der Waals surface area contributed by atoms with Crippen LogP contribution in [0.4, 0.5) is 4.79 Å². The lowest BCUT2D eigenvalue weighted by molar-refractivity contribution is 0.0969. The number of hydrogen-bond acceptors (Lipinski definition) is 5. The summed E-state index contributed by atoms with van der Waals surface area (Å²) in [5.41, 5.74) is 1.29. The molecule has 2 aromatic carbocycles. The molecule has 0 atom stereocenters. The summed E-state index contributed by atoms with van der Waals surface area (Å²) in [5.74, 6) is -0.303. The van der Waals surface area contributed by atoms with E-state index in [1.807, 2.05) is 6.92 Å². The van der Waals surface area contributed by atoms with E-state index in [4.69, 9.17) is 9.47 Å². The van der Waals surface area contributed by atoms with E-state index in [1.165, 1.54) is 18.2 Å². The molecule has 0 spiro atoms. The summed E-state index contributed by atoms with van der Waals surface area (Å²) in [6, 6.07) is 11.0. The van der Waals surface area contributed by atoms with Crippen molar-refractivity contribution in [2.45, 2.75) is 13.3 Å². The molecule has 0 heterocycles. The summed E-state index contributed by atoms with van der Waals surface area (Å²) in [6.45, 7) is 2.13. The van der Waals surface area contributed by atoms with Gasteiger partial charge in [-0.1, -0.05) is 31.2 Å². The van der Waals surface area contributed by atoms with Crippen LogP contribution in [0.3, 0.4) is 0 Å². The molecular weight excluding hydrogens is 296 g/mol. The molecule has 1 aliphatic rings. The second kappa shape index (κ2) is 6.04. The van der Waals surface area contributed by atoms with Crippen LogP contribution in [0.1, 0.15) is 45.2 Å². The Balaban J connectivity index is 1.93. The van der Waals surface area contributed by atoms with Crippen molar-refractivity contribution in [2.75, 3.05) is 6.61 Å². The third-order valence-electron chi connectivity index (χ3n) is 3.52. The van der Waals surface area contributed by atoms with Crippen LogP contribution in [0.15, 0.2) is 42.5 Å². The lowest BCUT2D eigenvalue weighted by atomic mass is 9.84. The van der Waals surface area contributed by atoms with Gasteiger partial charge in [-0.3, -0.25) is 9.59 Å². The number of ether oxygens (including phenoxy) is 2. The number of benzene rings is 2. The van der Waals surface area contributed by atoms with Crippen LogP contribution >= 0.6 is 0 Å². The Kier molecular flexibility index (Phi) is 3.93. The fourth-order valence-corrected chi connectivity index (χ4v) is 2.45. The maximum atomic E-state index is 12.5. The van der Waals surface area contributed by atoms with Crippen LogP contribution in [-0.2, 0) is 4.74 Å². The van der Waals surface area contributed by atoms with Crippen LogP contribution in [0.5, 0.6) is 5.75 Å². The van der Waals surface area contributed by atoms with Gasteiger partial charge in [0, 0.05) is 22.3 Å². The minimum atomic E-state index is -0.832. The molecule has 0 amide bonds. The van der Waals surface area contributed by atoms with E-state index in [0.29, 0.717) is 23.1 Å². The predicted octanol–water partition coefficient (Wildman–Crippen LogP) is 3.39. The minimum absolute atomic E-state index is 0.172. The Morgan fingerprint density at radius 3 is 2.17 bits per heavy atom. The van der Waals surface area contributed by atoms with Gasteiger partial charge in [0.05, 0.1) is 6.61 Å². The average Bonchev–Trinajstić information content (AvgIpc) is 2.58. The van der Waals surface area contributed by atoms with Crippen LogP contribution < -0.4 is 4.74 Å². The number of carbonyl (C=O) groups excluding carboxylic acids is 3. The number of rotatable bonds is 3. The highest BCUT2D eigenvalue weighted by Gasteiger charge is 2.29. The molecular formula is C18H14O5. The number of carbonyl (C=O) groups is 3. The highest BCUT2D eigenvalue weighted by molar-refractivity contribution is 6.28. The van der Waals surface area contributed by atoms with Gasteiger partial charge in [0.2, 0.25) is 0 Å². The van der Waals surface area contributed by atoms with Gasteiger partial charge in [-0.05, 0) is 24.6 Å². The molecule has 23 heavy (non-hydrogen) atoms. The van der Waals surface area contributed by atoms with E-state index >= 15 is 0 Å². The summed E-state index contributed by atoms with van der Waals surface area (Å²) in [6.07, 6.45) is -0.148. The minimum Gasteiger partial charge on any atom is -0.434 e. The van der Waals surface area contributed by atoms with Crippen molar-refractivity contribution in [2.24, 2.45) is 0 Å². The van der Waals surface area contributed by atoms with Crippen molar-refractivity contribution in [3.05, 3.63) is 64.7 Å². The summed E-state index contributed by atoms with van der Waals surface area (Å²) < 4.78 is 9.86. The predicted molar refractivity (Wildman–Crippen MR) is 82.0 cm³/mol. The molecule has 1 aliphatic carbocycles. The Hall–Kier alpha value is -2.95. The number of fused-ring (bicyclic) bond motifs is 2. The monoisotopic (exact) mass is 310 g/mol. The van der Waals surface area contributed by atoms with E-state index in [-0.39, 0.29) is 29.5 Å². The molecule has 0 unspecified atom stereocenters. The Morgan fingerprint density at radius 1 is 0.913 bits per heavy atom. The zero-order valence-corrected chi connectivity index (χ0v) is 12.5. The third-order valence-corrected chi connectivity index (χ3v) is 3.52. The van der Waals surface area contributed by atoms with Gasteiger partial charge in [-0.25, -0.2) is 4.79 Å². The second-order valence-corrected chi connectivity index (χ2v) is 5.11. The first kappa shape index (κ1) is 15.0. The summed E-state index contributed by atoms with van der Waals surface area (Å²) in [5, 5.41) is 0. The van der Waals surface area contributed by atoms with Crippen molar-refractivity contribution in [1.29, 1.82) is 0 Å². The number of ketones is 2. The highest BCUT2D eigenvalue weighted by Crippen LogP contribution is 2.29. The zero-order chi connectivity index (χ0) is 16.4. The van der Waals surface area contributed by atoms with E-state index in [0.717, 1.165) is 0 Å². The maximum absolute atomic E-state index is 12.5. The van der Waals surface area contributed by atoms with Gasteiger partial charge < -0.3 is 9.47 Å². The molecule has 0 aliphatic heterocycles. The first-order valence-electron chi connectivity index (χ1n) is 7.29. The van der Waals surface area contributed by atoms with Gasteiger partial charge >= 0.3 is 6.16 Å². The first-order chi connectivity index (χ1) is 11.1. The van der Waals surface area contributed by atoms with E-state index in [1.54, 1.807) is 24.3 Å². The molecule has 0 fully saturated rings. The zero-order valence-electron chi connectivity index (χ0n) is 12.5. The first-order valence-corrected chi connectivity index (χ1v) is 7.29. The van der Waals surface area contributed by atoms with Gasteiger partial charge in [-0.2, -0.15) is 0 Å². The van der Waals surface area contributed by atoms with Gasteiger partial charge in [0.15, 0.2) is 11.6 Å². The molecule has 2 aromatic rings. The van der Waals surface area contributed by atoms with Crippen molar-refractivity contribution < 1.29 is 23.9 Å². The number of hydrogen-bond donors (Lipinski definition) is 0. The third kappa shape index (κ3) is 2.73. The van der Waals surface area contributed by atoms with Crippen molar-refractivity contribution in [3.63, 3.8) is 0 Å². The maximum Gasteiger partial charge on any atom is 0.513 e. The molecule has 0 radical (unpaired) electrons. The molecule has 0 saturated heterocycles. The van der Waals surface area contributed by atoms with E-state index in [2.05, 4.69) is 0 Å². The van der Waals surface area contributed by atoms with Gasteiger partial charge in [-0.15, -0.1) is 0 Å². The molecule has 0 N–H and O–H groups in total. The molecule has 5 heteroatoms. The summed E-state index contributed by atoms with van der Waals surface area (Å²) >= 11 is 0. The van der Waals surface area contributed by atoms with Gasteiger partial charge in [0.25, 0.3) is 0 Å². The molecule has 0 bridgehead atoms. The highest BCUT2D eigenvalue weighted by atomic mass is 16.7. The smallest absolute Gasteiger partial charge is 0.434 e. The molecule has 3 rings (SSSR count). The Bertz CT molecular complexity index is 807. The quantitative estimate of drug-likeness (QED) is 0.548. The van der Waals surface area contributed by atoms with Crippen LogP contribution in [0, 0.1) is 0 Å².